The first-order chi connectivity index (χ1) is 9.70. The molecule has 0 saturated carbocycles. The number of amides is 1. The number of carbonyl (C=O) groups excluding carboxylic acids is 1. The maximum absolute atomic E-state index is 11.9. The van der Waals surface area contributed by atoms with Crippen LogP contribution in [0.2, 0.25) is 4.34 Å². The molecule has 0 aliphatic carbocycles. The van der Waals surface area contributed by atoms with Gasteiger partial charge >= 0.3 is 0 Å². The third-order valence-electron chi connectivity index (χ3n) is 3.52. The second-order valence-corrected chi connectivity index (χ2v) is 6.49. The zero-order valence-electron chi connectivity index (χ0n) is 10.3. The van der Waals surface area contributed by atoms with E-state index in [0.29, 0.717) is 12.2 Å². The Bertz CT molecular complexity index is 712. The van der Waals surface area contributed by atoms with E-state index in [-0.39, 0.29) is 18.6 Å². The van der Waals surface area contributed by atoms with Gasteiger partial charge in [-0.05, 0) is 23.8 Å². The molecule has 1 aromatic carbocycles. The molecule has 0 bridgehead atoms. The molecule has 2 aliphatic heterocycles. The maximum Gasteiger partial charge on any atom is 0.231 e. The van der Waals surface area contributed by atoms with Gasteiger partial charge in [0.2, 0.25) is 12.7 Å². The van der Waals surface area contributed by atoms with Crippen molar-refractivity contribution in [2.24, 2.45) is 0 Å². The van der Waals surface area contributed by atoms with E-state index in [1.165, 1.54) is 11.3 Å². The standard InChI is InChI=1S/C14H10ClNO3S/c15-13-2-1-12(20-13)8-4-14(17)16-9-5-11-10(3-7(8)9)18-6-19-11/h1-3,5,8H,4,6H2,(H,16,17)/t8-/m0/s1. The summed E-state index contributed by atoms with van der Waals surface area (Å²) in [4.78, 5) is 13.0. The van der Waals surface area contributed by atoms with Crippen molar-refractivity contribution >= 4 is 34.5 Å². The Morgan fingerprint density at radius 3 is 2.80 bits per heavy atom. The van der Waals surface area contributed by atoms with Gasteiger partial charge in [0.1, 0.15) is 0 Å². The van der Waals surface area contributed by atoms with Gasteiger partial charge in [0.25, 0.3) is 0 Å². The summed E-state index contributed by atoms with van der Waals surface area (Å²) in [6.07, 6.45) is 0.420. The highest BCUT2D eigenvalue weighted by molar-refractivity contribution is 7.16. The SMILES string of the molecule is O=C1C[C@H](c2ccc(Cl)s2)c2cc3c(cc2N1)OCO3. The van der Waals surface area contributed by atoms with Crippen molar-refractivity contribution < 1.29 is 14.3 Å². The van der Waals surface area contributed by atoms with Crippen molar-refractivity contribution in [1.29, 1.82) is 0 Å². The molecule has 20 heavy (non-hydrogen) atoms. The molecule has 0 spiro atoms. The third kappa shape index (κ3) is 1.85. The fraction of sp³-hybridized carbons (Fsp3) is 0.214. The van der Waals surface area contributed by atoms with Gasteiger partial charge in [0, 0.05) is 29.0 Å². The highest BCUT2D eigenvalue weighted by atomic mass is 35.5. The number of benzene rings is 1. The second kappa shape index (κ2) is 4.40. The summed E-state index contributed by atoms with van der Waals surface area (Å²) < 4.78 is 11.5. The van der Waals surface area contributed by atoms with Gasteiger partial charge in [0.15, 0.2) is 11.5 Å². The average molecular weight is 308 g/mol. The van der Waals surface area contributed by atoms with Gasteiger partial charge < -0.3 is 14.8 Å². The molecule has 4 rings (SSSR count). The minimum Gasteiger partial charge on any atom is -0.454 e. The first kappa shape index (κ1) is 12.1. The van der Waals surface area contributed by atoms with E-state index in [9.17, 15) is 4.79 Å². The second-order valence-electron chi connectivity index (χ2n) is 4.74. The largest absolute Gasteiger partial charge is 0.454 e. The van der Waals surface area contributed by atoms with E-state index in [0.717, 1.165) is 26.2 Å². The van der Waals surface area contributed by atoms with Crippen LogP contribution in [0.15, 0.2) is 24.3 Å². The zero-order valence-corrected chi connectivity index (χ0v) is 11.9. The summed E-state index contributed by atoms with van der Waals surface area (Å²) in [5.74, 6) is 1.43. The van der Waals surface area contributed by atoms with Crippen LogP contribution in [0.25, 0.3) is 0 Å². The molecule has 0 unspecified atom stereocenters. The van der Waals surface area contributed by atoms with E-state index in [1.54, 1.807) is 0 Å². The molecule has 1 atom stereocenters. The predicted octanol–water partition coefficient (Wildman–Crippen LogP) is 3.60. The molecule has 2 aliphatic rings. The van der Waals surface area contributed by atoms with Crippen molar-refractivity contribution in [2.75, 3.05) is 12.1 Å². The molecular formula is C14H10ClNO3S. The van der Waals surface area contributed by atoms with Crippen molar-refractivity contribution in [3.63, 3.8) is 0 Å². The normalized spacial score (nSPS) is 19.6. The zero-order chi connectivity index (χ0) is 13.7. The van der Waals surface area contributed by atoms with Crippen molar-refractivity contribution in [1.82, 2.24) is 0 Å². The highest BCUT2D eigenvalue weighted by Gasteiger charge is 2.30. The Kier molecular flexibility index (Phi) is 2.65. The van der Waals surface area contributed by atoms with Crippen LogP contribution in [-0.2, 0) is 4.79 Å². The Morgan fingerprint density at radius 2 is 2.05 bits per heavy atom. The average Bonchev–Trinajstić information content (AvgIpc) is 3.03. The van der Waals surface area contributed by atoms with E-state index in [2.05, 4.69) is 5.32 Å². The summed E-state index contributed by atoms with van der Waals surface area (Å²) in [6, 6.07) is 7.62. The molecule has 0 saturated heterocycles. The molecule has 0 radical (unpaired) electrons. The van der Waals surface area contributed by atoms with Gasteiger partial charge in [-0.2, -0.15) is 0 Å². The van der Waals surface area contributed by atoms with Crippen LogP contribution in [0.1, 0.15) is 22.8 Å². The number of hydrogen-bond acceptors (Lipinski definition) is 4. The van der Waals surface area contributed by atoms with Crippen molar-refractivity contribution in [3.8, 4) is 11.5 Å². The summed E-state index contributed by atoms with van der Waals surface area (Å²) >= 11 is 7.52. The molecule has 1 N–H and O–H groups in total. The number of hydrogen-bond donors (Lipinski definition) is 1. The maximum atomic E-state index is 11.9. The first-order valence-corrected chi connectivity index (χ1v) is 7.39. The third-order valence-corrected chi connectivity index (χ3v) is 4.87. The molecule has 3 heterocycles. The fourth-order valence-corrected chi connectivity index (χ4v) is 3.80. The number of nitrogens with one attached hydrogen (secondary N) is 1. The molecule has 102 valence electrons. The van der Waals surface area contributed by atoms with Crippen LogP contribution in [0.3, 0.4) is 0 Å². The Hall–Kier alpha value is -1.72. The molecule has 1 amide bonds. The lowest BCUT2D eigenvalue weighted by Gasteiger charge is -2.25. The van der Waals surface area contributed by atoms with E-state index in [1.807, 2.05) is 24.3 Å². The Balaban J connectivity index is 1.85. The summed E-state index contributed by atoms with van der Waals surface area (Å²) in [6.45, 7) is 0.224. The minimum absolute atomic E-state index is 0.00545. The van der Waals surface area contributed by atoms with Gasteiger partial charge in [-0.1, -0.05) is 11.6 Å². The number of fused-ring (bicyclic) bond motifs is 2. The Labute approximate surface area is 124 Å². The fourth-order valence-electron chi connectivity index (χ4n) is 2.62. The van der Waals surface area contributed by atoms with Gasteiger partial charge in [-0.25, -0.2) is 0 Å². The summed E-state index contributed by atoms with van der Waals surface area (Å²) in [5, 5.41) is 2.89. The highest BCUT2D eigenvalue weighted by Crippen LogP contribution is 2.46. The van der Waals surface area contributed by atoms with Crippen LogP contribution in [0.4, 0.5) is 5.69 Å². The lowest BCUT2D eigenvalue weighted by molar-refractivity contribution is -0.116. The number of carbonyl (C=O) groups is 1. The number of thiophene rings is 1. The monoisotopic (exact) mass is 307 g/mol. The smallest absolute Gasteiger partial charge is 0.231 e. The molecule has 1 aromatic heterocycles. The predicted molar refractivity (Wildman–Crippen MR) is 77.0 cm³/mol. The van der Waals surface area contributed by atoms with E-state index >= 15 is 0 Å². The lowest BCUT2D eigenvalue weighted by Crippen LogP contribution is -2.23. The first-order valence-electron chi connectivity index (χ1n) is 6.19. The molecule has 6 heteroatoms. The molecule has 4 nitrogen and oxygen atoms in total. The molecular weight excluding hydrogens is 298 g/mol. The summed E-state index contributed by atoms with van der Waals surface area (Å²) in [7, 11) is 0. The molecule has 0 fully saturated rings. The van der Waals surface area contributed by atoms with Gasteiger partial charge in [-0.3, -0.25) is 4.79 Å². The van der Waals surface area contributed by atoms with E-state index < -0.39 is 0 Å². The quantitative estimate of drug-likeness (QED) is 0.875. The van der Waals surface area contributed by atoms with Gasteiger partial charge in [-0.15, -0.1) is 11.3 Å². The van der Waals surface area contributed by atoms with Crippen LogP contribution in [0, 0.1) is 0 Å². The number of ether oxygens (including phenoxy) is 2. The van der Waals surface area contributed by atoms with Crippen LogP contribution in [-0.4, -0.2) is 12.7 Å². The number of anilines is 1. The lowest BCUT2D eigenvalue weighted by atomic mass is 9.89. The minimum atomic E-state index is 0.00545. The van der Waals surface area contributed by atoms with Crippen LogP contribution in [0.5, 0.6) is 11.5 Å². The van der Waals surface area contributed by atoms with Crippen molar-refractivity contribution in [3.05, 3.63) is 39.0 Å². The van der Waals surface area contributed by atoms with Crippen LogP contribution < -0.4 is 14.8 Å². The van der Waals surface area contributed by atoms with Gasteiger partial charge in [0.05, 0.1) is 4.34 Å². The van der Waals surface area contributed by atoms with Crippen LogP contribution >= 0.6 is 22.9 Å². The number of rotatable bonds is 1. The number of halogens is 1. The molecule has 2 aromatic rings. The van der Waals surface area contributed by atoms with E-state index in [4.69, 9.17) is 21.1 Å². The van der Waals surface area contributed by atoms with Crippen molar-refractivity contribution in [2.45, 2.75) is 12.3 Å². The Morgan fingerprint density at radius 1 is 1.25 bits per heavy atom. The topological polar surface area (TPSA) is 47.6 Å². The summed E-state index contributed by atoms with van der Waals surface area (Å²) in [5.41, 5.74) is 1.84.